The number of hydrogen-bond donors (Lipinski definition) is 1. The first-order chi connectivity index (χ1) is 8.68. The van der Waals surface area contributed by atoms with Crippen LogP contribution in [0.3, 0.4) is 0 Å². The van der Waals surface area contributed by atoms with Crippen molar-refractivity contribution in [2.75, 3.05) is 0 Å². The fraction of sp³-hybridized carbons (Fsp3) is 0.533. The average molecular weight is 264 g/mol. The van der Waals surface area contributed by atoms with Gasteiger partial charge in [-0.15, -0.1) is 11.8 Å². The number of carboxylic acid groups (broad SMARTS) is 1. The Bertz CT molecular complexity index is 417. The summed E-state index contributed by atoms with van der Waals surface area (Å²) in [5, 5.41) is 9.60. The highest BCUT2D eigenvalue weighted by Gasteiger charge is 2.30. The number of thioether (sulfide) groups is 1. The van der Waals surface area contributed by atoms with E-state index in [0.29, 0.717) is 0 Å². The zero-order valence-corrected chi connectivity index (χ0v) is 11.6. The van der Waals surface area contributed by atoms with Gasteiger partial charge in [0.15, 0.2) is 0 Å². The summed E-state index contributed by atoms with van der Waals surface area (Å²) in [6.45, 7) is 2.09. The summed E-state index contributed by atoms with van der Waals surface area (Å²) in [5.74, 6) is -0.805. The highest BCUT2D eigenvalue weighted by Crippen LogP contribution is 2.37. The molecule has 0 bridgehead atoms. The van der Waals surface area contributed by atoms with Crippen LogP contribution in [0.4, 0.5) is 0 Å². The molecular weight excluding hydrogens is 244 g/mol. The molecule has 0 radical (unpaired) electrons. The highest BCUT2D eigenvalue weighted by atomic mass is 32.2. The van der Waals surface area contributed by atoms with E-state index in [4.69, 9.17) is 0 Å². The number of rotatable bonds is 3. The Morgan fingerprint density at radius 1 is 1.22 bits per heavy atom. The number of benzene rings is 1. The molecule has 0 spiro atoms. The fourth-order valence-electron chi connectivity index (χ4n) is 2.55. The Kier molecular flexibility index (Phi) is 4.70. The Hall–Kier alpha value is -0.960. The first kappa shape index (κ1) is 13.5. The molecular formula is C15H20O2S. The topological polar surface area (TPSA) is 37.3 Å². The molecule has 1 aromatic carbocycles. The van der Waals surface area contributed by atoms with Crippen molar-refractivity contribution in [2.45, 2.75) is 49.2 Å². The van der Waals surface area contributed by atoms with Gasteiger partial charge in [-0.25, -0.2) is 0 Å². The van der Waals surface area contributed by atoms with Crippen molar-refractivity contribution in [1.29, 1.82) is 0 Å². The highest BCUT2D eigenvalue weighted by molar-refractivity contribution is 8.00. The van der Waals surface area contributed by atoms with Gasteiger partial charge in [0.2, 0.25) is 0 Å². The summed E-state index contributed by atoms with van der Waals surface area (Å²) in [6.07, 6.45) is 5.25. The Balaban J connectivity index is 2.14. The predicted octanol–water partition coefficient (Wildman–Crippen LogP) is 4.12. The minimum atomic E-state index is -0.622. The van der Waals surface area contributed by atoms with Crippen LogP contribution in [0, 0.1) is 12.8 Å². The maximum atomic E-state index is 11.4. The number of carboxylic acids is 1. The SMILES string of the molecule is Cc1ccccc1SC1CCCCCC1C(=O)O. The summed E-state index contributed by atoms with van der Waals surface area (Å²) in [6, 6.07) is 8.25. The van der Waals surface area contributed by atoms with Crippen molar-refractivity contribution in [3.63, 3.8) is 0 Å². The van der Waals surface area contributed by atoms with Gasteiger partial charge in [-0.05, 0) is 31.4 Å². The van der Waals surface area contributed by atoms with Crippen LogP contribution in [-0.4, -0.2) is 16.3 Å². The van der Waals surface area contributed by atoms with Gasteiger partial charge in [0, 0.05) is 10.1 Å². The minimum Gasteiger partial charge on any atom is -0.481 e. The van der Waals surface area contributed by atoms with Crippen LogP contribution in [-0.2, 0) is 4.79 Å². The van der Waals surface area contributed by atoms with Crippen molar-refractivity contribution in [3.05, 3.63) is 29.8 Å². The lowest BCUT2D eigenvalue weighted by atomic mass is 10.0. The molecule has 1 fully saturated rings. The van der Waals surface area contributed by atoms with Crippen molar-refractivity contribution < 1.29 is 9.90 Å². The van der Waals surface area contributed by atoms with E-state index in [9.17, 15) is 9.90 Å². The maximum absolute atomic E-state index is 11.4. The quantitative estimate of drug-likeness (QED) is 0.834. The van der Waals surface area contributed by atoms with Gasteiger partial charge in [-0.3, -0.25) is 4.79 Å². The molecule has 3 heteroatoms. The third kappa shape index (κ3) is 3.29. The van der Waals surface area contributed by atoms with Crippen LogP contribution in [0.5, 0.6) is 0 Å². The van der Waals surface area contributed by atoms with Gasteiger partial charge in [0.05, 0.1) is 5.92 Å². The summed E-state index contributed by atoms with van der Waals surface area (Å²) >= 11 is 1.76. The maximum Gasteiger partial charge on any atom is 0.307 e. The van der Waals surface area contributed by atoms with Crippen molar-refractivity contribution in [1.82, 2.24) is 0 Å². The molecule has 98 valence electrons. The van der Waals surface area contributed by atoms with Crippen LogP contribution >= 0.6 is 11.8 Å². The van der Waals surface area contributed by atoms with Crippen LogP contribution in [0.1, 0.15) is 37.7 Å². The molecule has 0 aliphatic heterocycles. The zero-order valence-electron chi connectivity index (χ0n) is 10.8. The number of hydrogen-bond acceptors (Lipinski definition) is 2. The fourth-order valence-corrected chi connectivity index (χ4v) is 3.99. The molecule has 1 N–H and O–H groups in total. The van der Waals surface area contributed by atoms with E-state index in [2.05, 4.69) is 19.1 Å². The van der Waals surface area contributed by atoms with Crippen LogP contribution in [0.25, 0.3) is 0 Å². The van der Waals surface area contributed by atoms with Crippen molar-refractivity contribution in [2.24, 2.45) is 5.92 Å². The van der Waals surface area contributed by atoms with Crippen LogP contribution < -0.4 is 0 Å². The molecule has 2 nitrogen and oxygen atoms in total. The Morgan fingerprint density at radius 2 is 1.94 bits per heavy atom. The third-order valence-corrected chi connectivity index (χ3v) is 5.22. The second-order valence-electron chi connectivity index (χ2n) is 5.00. The number of aliphatic carboxylic acids is 1. The second-order valence-corrected chi connectivity index (χ2v) is 6.29. The van der Waals surface area contributed by atoms with E-state index in [0.717, 1.165) is 25.7 Å². The molecule has 1 aliphatic rings. The summed E-state index contributed by atoms with van der Waals surface area (Å²) in [5.41, 5.74) is 1.25. The molecule has 1 saturated carbocycles. The molecule has 18 heavy (non-hydrogen) atoms. The molecule has 2 rings (SSSR count). The van der Waals surface area contributed by atoms with E-state index in [1.165, 1.54) is 16.9 Å². The Labute approximate surface area is 113 Å². The van der Waals surface area contributed by atoms with E-state index < -0.39 is 5.97 Å². The summed E-state index contributed by atoms with van der Waals surface area (Å²) in [7, 11) is 0. The van der Waals surface area contributed by atoms with E-state index in [1.54, 1.807) is 11.8 Å². The molecule has 0 amide bonds. The number of carbonyl (C=O) groups is 1. The monoisotopic (exact) mass is 264 g/mol. The number of aryl methyl sites for hydroxylation is 1. The predicted molar refractivity (Wildman–Crippen MR) is 75.0 cm³/mol. The van der Waals surface area contributed by atoms with E-state index >= 15 is 0 Å². The van der Waals surface area contributed by atoms with Gasteiger partial charge in [-0.2, -0.15) is 0 Å². The molecule has 0 saturated heterocycles. The smallest absolute Gasteiger partial charge is 0.307 e. The standard InChI is InChI=1S/C15H20O2S/c1-11-7-5-6-9-13(11)18-14-10-4-2-3-8-12(14)15(16)17/h5-7,9,12,14H,2-4,8,10H2,1H3,(H,16,17). The molecule has 1 aliphatic carbocycles. The zero-order chi connectivity index (χ0) is 13.0. The molecule has 0 heterocycles. The van der Waals surface area contributed by atoms with Crippen molar-refractivity contribution >= 4 is 17.7 Å². The van der Waals surface area contributed by atoms with E-state index in [1.807, 2.05) is 12.1 Å². The lowest BCUT2D eigenvalue weighted by Crippen LogP contribution is -2.24. The largest absolute Gasteiger partial charge is 0.481 e. The van der Waals surface area contributed by atoms with Gasteiger partial charge in [-0.1, -0.05) is 37.5 Å². The van der Waals surface area contributed by atoms with E-state index in [-0.39, 0.29) is 11.2 Å². The van der Waals surface area contributed by atoms with Gasteiger partial charge in [0.25, 0.3) is 0 Å². The Morgan fingerprint density at radius 3 is 2.67 bits per heavy atom. The second kappa shape index (κ2) is 6.28. The first-order valence-electron chi connectivity index (χ1n) is 6.63. The molecule has 0 aromatic heterocycles. The summed E-state index contributed by atoms with van der Waals surface area (Å²) < 4.78 is 0. The van der Waals surface area contributed by atoms with Gasteiger partial charge in [0.1, 0.15) is 0 Å². The van der Waals surface area contributed by atoms with Crippen LogP contribution in [0.2, 0.25) is 0 Å². The van der Waals surface area contributed by atoms with Crippen molar-refractivity contribution in [3.8, 4) is 0 Å². The average Bonchev–Trinajstić information content (AvgIpc) is 2.57. The van der Waals surface area contributed by atoms with Gasteiger partial charge < -0.3 is 5.11 Å². The lowest BCUT2D eigenvalue weighted by Gasteiger charge is -2.21. The van der Waals surface area contributed by atoms with Crippen LogP contribution in [0.15, 0.2) is 29.2 Å². The molecule has 2 atom stereocenters. The molecule has 2 unspecified atom stereocenters. The normalized spacial score (nSPS) is 24.5. The lowest BCUT2D eigenvalue weighted by molar-refractivity contribution is -0.141. The summed E-state index contributed by atoms with van der Waals surface area (Å²) in [4.78, 5) is 12.6. The third-order valence-electron chi connectivity index (χ3n) is 3.64. The minimum absolute atomic E-state index is 0.183. The first-order valence-corrected chi connectivity index (χ1v) is 7.51. The van der Waals surface area contributed by atoms with Gasteiger partial charge >= 0.3 is 5.97 Å². The molecule has 1 aromatic rings.